The molecule has 4 nitrogen and oxygen atoms in total. The topological polar surface area (TPSA) is 44.4 Å². The molecular weight excluding hydrogens is 226 g/mol. The zero-order valence-corrected chi connectivity index (χ0v) is 10.9. The van der Waals surface area contributed by atoms with Crippen molar-refractivity contribution < 1.29 is 4.79 Å². The van der Waals surface area contributed by atoms with E-state index in [1.165, 1.54) is 37.2 Å². The first-order chi connectivity index (χ1) is 8.79. The van der Waals surface area contributed by atoms with Gasteiger partial charge in [0, 0.05) is 32.4 Å². The molecular formula is C14H21N3O. The smallest absolute Gasteiger partial charge is 0.233 e. The first-order valence-corrected chi connectivity index (χ1v) is 6.55. The van der Waals surface area contributed by atoms with Crippen molar-refractivity contribution in [2.75, 3.05) is 31.6 Å². The van der Waals surface area contributed by atoms with Crippen LogP contribution in [0.4, 0.5) is 5.69 Å². The third-order valence-electron chi connectivity index (χ3n) is 3.30. The molecule has 0 saturated carbocycles. The molecule has 0 bridgehead atoms. The molecule has 4 heteroatoms. The van der Waals surface area contributed by atoms with Gasteiger partial charge < -0.3 is 15.5 Å². The van der Waals surface area contributed by atoms with Crippen molar-refractivity contribution in [2.24, 2.45) is 0 Å². The Morgan fingerprint density at radius 2 is 1.89 bits per heavy atom. The van der Waals surface area contributed by atoms with Crippen LogP contribution in [0.3, 0.4) is 0 Å². The van der Waals surface area contributed by atoms with Gasteiger partial charge in [0.05, 0.1) is 6.54 Å². The van der Waals surface area contributed by atoms with Gasteiger partial charge in [0.1, 0.15) is 0 Å². The SMILES string of the molecule is CNC(=O)CNCc1ccc(N2CCCC2)cc1. The number of rotatable bonds is 5. The number of hydrogen-bond donors (Lipinski definition) is 2. The van der Waals surface area contributed by atoms with Gasteiger partial charge in [-0.05, 0) is 30.5 Å². The van der Waals surface area contributed by atoms with Crippen LogP contribution in [0.15, 0.2) is 24.3 Å². The quantitative estimate of drug-likeness (QED) is 0.819. The average molecular weight is 247 g/mol. The maximum atomic E-state index is 11.0. The van der Waals surface area contributed by atoms with Crippen LogP contribution in [0, 0.1) is 0 Å². The molecule has 98 valence electrons. The van der Waals surface area contributed by atoms with E-state index in [-0.39, 0.29) is 5.91 Å². The Morgan fingerprint density at radius 1 is 1.22 bits per heavy atom. The largest absolute Gasteiger partial charge is 0.372 e. The zero-order valence-electron chi connectivity index (χ0n) is 10.9. The van der Waals surface area contributed by atoms with Crippen molar-refractivity contribution in [3.63, 3.8) is 0 Å². The van der Waals surface area contributed by atoms with E-state index in [0.29, 0.717) is 6.54 Å². The molecule has 2 rings (SSSR count). The maximum Gasteiger partial charge on any atom is 0.233 e. The number of anilines is 1. The monoisotopic (exact) mass is 247 g/mol. The summed E-state index contributed by atoms with van der Waals surface area (Å²) in [5.41, 5.74) is 2.52. The summed E-state index contributed by atoms with van der Waals surface area (Å²) in [4.78, 5) is 13.5. The van der Waals surface area contributed by atoms with Gasteiger partial charge in [-0.2, -0.15) is 0 Å². The van der Waals surface area contributed by atoms with Gasteiger partial charge in [-0.25, -0.2) is 0 Å². The van der Waals surface area contributed by atoms with E-state index < -0.39 is 0 Å². The lowest BCUT2D eigenvalue weighted by molar-refractivity contribution is -0.119. The van der Waals surface area contributed by atoms with Crippen molar-refractivity contribution in [2.45, 2.75) is 19.4 Å². The van der Waals surface area contributed by atoms with Crippen LogP contribution in [0.5, 0.6) is 0 Å². The number of carbonyl (C=O) groups is 1. The van der Waals surface area contributed by atoms with Crippen LogP contribution < -0.4 is 15.5 Å². The number of hydrogen-bond acceptors (Lipinski definition) is 3. The summed E-state index contributed by atoms with van der Waals surface area (Å²) in [7, 11) is 1.65. The summed E-state index contributed by atoms with van der Waals surface area (Å²) >= 11 is 0. The molecule has 0 aromatic heterocycles. The minimum Gasteiger partial charge on any atom is -0.372 e. The lowest BCUT2D eigenvalue weighted by Gasteiger charge is -2.17. The standard InChI is InChI=1S/C14H21N3O/c1-15-14(18)11-16-10-12-4-6-13(7-5-12)17-8-2-3-9-17/h4-7,16H,2-3,8-11H2,1H3,(H,15,18). The number of carbonyl (C=O) groups excluding carboxylic acids is 1. The molecule has 1 aromatic carbocycles. The molecule has 1 aliphatic rings. The summed E-state index contributed by atoms with van der Waals surface area (Å²) in [5, 5.41) is 5.71. The Bertz CT molecular complexity index is 383. The molecule has 0 aliphatic carbocycles. The molecule has 0 radical (unpaired) electrons. The van der Waals surface area contributed by atoms with Gasteiger partial charge in [-0.3, -0.25) is 4.79 Å². The summed E-state index contributed by atoms with van der Waals surface area (Å²) in [6.45, 7) is 3.45. The summed E-state index contributed by atoms with van der Waals surface area (Å²) in [6, 6.07) is 8.60. The first kappa shape index (κ1) is 12.9. The number of benzene rings is 1. The summed E-state index contributed by atoms with van der Waals surface area (Å²) in [5.74, 6) is 0.0173. The van der Waals surface area contributed by atoms with E-state index in [9.17, 15) is 4.79 Å². The fraction of sp³-hybridized carbons (Fsp3) is 0.500. The first-order valence-electron chi connectivity index (χ1n) is 6.55. The number of amides is 1. The Hall–Kier alpha value is -1.55. The van der Waals surface area contributed by atoms with Crippen molar-refractivity contribution in [1.29, 1.82) is 0 Å². The Morgan fingerprint density at radius 3 is 2.50 bits per heavy atom. The second kappa shape index (κ2) is 6.40. The highest BCUT2D eigenvalue weighted by Crippen LogP contribution is 2.20. The molecule has 0 atom stereocenters. The lowest BCUT2D eigenvalue weighted by atomic mass is 10.2. The molecule has 1 heterocycles. The third-order valence-corrected chi connectivity index (χ3v) is 3.30. The van der Waals surface area contributed by atoms with E-state index >= 15 is 0 Å². The summed E-state index contributed by atoms with van der Waals surface area (Å²) in [6.07, 6.45) is 2.60. The molecule has 0 spiro atoms. The van der Waals surface area contributed by atoms with Gasteiger partial charge in [0.2, 0.25) is 5.91 Å². The zero-order chi connectivity index (χ0) is 12.8. The molecule has 0 unspecified atom stereocenters. The van der Waals surface area contributed by atoms with E-state index in [1.54, 1.807) is 7.05 Å². The predicted octanol–water partition coefficient (Wildman–Crippen LogP) is 1.12. The van der Waals surface area contributed by atoms with E-state index in [1.807, 2.05) is 0 Å². The van der Waals surface area contributed by atoms with Crippen LogP contribution in [0.2, 0.25) is 0 Å². The van der Waals surface area contributed by atoms with Crippen molar-refractivity contribution in [3.8, 4) is 0 Å². The van der Waals surface area contributed by atoms with Gasteiger partial charge >= 0.3 is 0 Å². The normalized spacial score (nSPS) is 14.8. The van der Waals surface area contributed by atoms with Gasteiger partial charge in [0.25, 0.3) is 0 Å². The maximum absolute atomic E-state index is 11.0. The lowest BCUT2D eigenvalue weighted by Crippen LogP contribution is -2.30. The highest BCUT2D eigenvalue weighted by atomic mass is 16.1. The van der Waals surface area contributed by atoms with Crippen molar-refractivity contribution in [1.82, 2.24) is 10.6 Å². The second-order valence-electron chi connectivity index (χ2n) is 4.64. The minimum atomic E-state index is 0.0173. The van der Waals surface area contributed by atoms with Gasteiger partial charge in [0.15, 0.2) is 0 Å². The molecule has 1 fully saturated rings. The molecule has 1 amide bonds. The highest BCUT2D eigenvalue weighted by molar-refractivity contribution is 5.77. The van der Waals surface area contributed by atoms with Crippen LogP contribution in [-0.2, 0) is 11.3 Å². The van der Waals surface area contributed by atoms with Crippen LogP contribution in [-0.4, -0.2) is 32.6 Å². The van der Waals surface area contributed by atoms with E-state index in [2.05, 4.69) is 39.8 Å². The average Bonchev–Trinajstić information content (AvgIpc) is 2.93. The molecule has 1 aromatic rings. The van der Waals surface area contributed by atoms with Gasteiger partial charge in [-0.15, -0.1) is 0 Å². The molecule has 1 aliphatic heterocycles. The van der Waals surface area contributed by atoms with E-state index in [0.717, 1.165) is 6.54 Å². The van der Waals surface area contributed by atoms with Crippen molar-refractivity contribution in [3.05, 3.63) is 29.8 Å². The fourth-order valence-electron chi connectivity index (χ4n) is 2.21. The van der Waals surface area contributed by atoms with Crippen LogP contribution in [0.25, 0.3) is 0 Å². The number of likely N-dealkylation sites (N-methyl/N-ethyl adjacent to an activating group) is 1. The van der Waals surface area contributed by atoms with Gasteiger partial charge in [-0.1, -0.05) is 12.1 Å². The second-order valence-corrected chi connectivity index (χ2v) is 4.64. The molecule has 18 heavy (non-hydrogen) atoms. The Kier molecular flexibility index (Phi) is 4.59. The Balaban J connectivity index is 1.81. The predicted molar refractivity (Wildman–Crippen MR) is 73.7 cm³/mol. The van der Waals surface area contributed by atoms with E-state index in [4.69, 9.17) is 0 Å². The highest BCUT2D eigenvalue weighted by Gasteiger charge is 2.11. The van der Waals surface area contributed by atoms with Crippen LogP contribution in [0.1, 0.15) is 18.4 Å². The Labute approximate surface area is 108 Å². The van der Waals surface area contributed by atoms with Crippen molar-refractivity contribution >= 4 is 11.6 Å². The molecule has 2 N–H and O–H groups in total. The summed E-state index contributed by atoms with van der Waals surface area (Å²) < 4.78 is 0. The van der Waals surface area contributed by atoms with Crippen LogP contribution >= 0.6 is 0 Å². The fourth-order valence-corrected chi connectivity index (χ4v) is 2.21. The molecule has 1 saturated heterocycles. The third kappa shape index (κ3) is 3.47. The minimum absolute atomic E-state index is 0.0173. The number of nitrogens with one attached hydrogen (secondary N) is 2. The number of nitrogens with zero attached hydrogens (tertiary/aromatic N) is 1.